The van der Waals surface area contributed by atoms with Gasteiger partial charge in [-0.05, 0) is 63.5 Å². The molecule has 0 atom stereocenters. The maximum Gasteiger partial charge on any atom is 0.0886 e. The van der Waals surface area contributed by atoms with Crippen molar-refractivity contribution in [3.8, 4) is 11.4 Å². The Bertz CT molecular complexity index is 567. The standard InChI is InChI=1S/C16H22N4/c1-19-10-7-13(8-11-19)12-14-4-3-5-15(18-14)16-6-9-17-20(16)2/h3-6,9,13H,7-8,10-12H2,1-2H3. The first kappa shape index (κ1) is 13.3. The Kier molecular flexibility index (Phi) is 3.83. The highest BCUT2D eigenvalue weighted by Gasteiger charge is 2.17. The lowest BCUT2D eigenvalue weighted by Crippen LogP contribution is -2.31. The third-order valence-corrected chi connectivity index (χ3v) is 4.23. The van der Waals surface area contributed by atoms with Crippen LogP contribution >= 0.6 is 0 Å². The lowest BCUT2D eigenvalue weighted by atomic mass is 9.92. The van der Waals surface area contributed by atoms with E-state index in [1.54, 1.807) is 0 Å². The van der Waals surface area contributed by atoms with E-state index in [9.17, 15) is 0 Å². The molecule has 2 aromatic heterocycles. The van der Waals surface area contributed by atoms with Crippen molar-refractivity contribution in [1.29, 1.82) is 0 Å². The highest BCUT2D eigenvalue weighted by molar-refractivity contribution is 5.54. The Hall–Kier alpha value is -1.68. The predicted molar refractivity (Wildman–Crippen MR) is 80.4 cm³/mol. The van der Waals surface area contributed by atoms with Gasteiger partial charge < -0.3 is 4.90 Å². The van der Waals surface area contributed by atoms with E-state index in [2.05, 4.69) is 35.2 Å². The molecule has 4 heteroatoms. The van der Waals surface area contributed by atoms with Crippen LogP contribution in [0.4, 0.5) is 0 Å². The highest BCUT2D eigenvalue weighted by atomic mass is 15.3. The second kappa shape index (κ2) is 5.75. The van der Waals surface area contributed by atoms with Crippen molar-refractivity contribution in [2.75, 3.05) is 20.1 Å². The van der Waals surface area contributed by atoms with Gasteiger partial charge in [0.15, 0.2) is 0 Å². The number of rotatable bonds is 3. The van der Waals surface area contributed by atoms with E-state index in [-0.39, 0.29) is 0 Å². The lowest BCUT2D eigenvalue weighted by molar-refractivity contribution is 0.218. The zero-order valence-corrected chi connectivity index (χ0v) is 12.3. The summed E-state index contributed by atoms with van der Waals surface area (Å²) in [5.74, 6) is 0.778. The number of piperidine rings is 1. The van der Waals surface area contributed by atoms with Crippen LogP contribution in [0.1, 0.15) is 18.5 Å². The minimum Gasteiger partial charge on any atom is -0.306 e. The summed E-state index contributed by atoms with van der Waals surface area (Å²) in [4.78, 5) is 7.23. The molecule has 0 spiro atoms. The van der Waals surface area contributed by atoms with E-state index in [1.807, 2.05) is 24.0 Å². The van der Waals surface area contributed by atoms with Crippen LogP contribution in [0.3, 0.4) is 0 Å². The van der Waals surface area contributed by atoms with Crippen molar-refractivity contribution in [2.45, 2.75) is 19.3 Å². The summed E-state index contributed by atoms with van der Waals surface area (Å²) in [6, 6.07) is 8.34. The summed E-state index contributed by atoms with van der Waals surface area (Å²) in [5, 5.41) is 4.22. The molecule has 0 unspecified atom stereocenters. The van der Waals surface area contributed by atoms with Gasteiger partial charge in [0.25, 0.3) is 0 Å². The largest absolute Gasteiger partial charge is 0.306 e. The number of pyridine rings is 1. The van der Waals surface area contributed by atoms with E-state index < -0.39 is 0 Å². The van der Waals surface area contributed by atoms with E-state index >= 15 is 0 Å². The molecule has 2 aromatic rings. The second-order valence-corrected chi connectivity index (χ2v) is 5.80. The molecular weight excluding hydrogens is 248 g/mol. The Morgan fingerprint density at radius 2 is 1.95 bits per heavy atom. The first-order valence-electron chi connectivity index (χ1n) is 7.35. The number of hydrogen-bond acceptors (Lipinski definition) is 3. The topological polar surface area (TPSA) is 34.0 Å². The molecule has 0 N–H and O–H groups in total. The Morgan fingerprint density at radius 3 is 2.65 bits per heavy atom. The molecule has 3 heterocycles. The minimum atomic E-state index is 0.778. The first-order chi connectivity index (χ1) is 9.72. The zero-order valence-electron chi connectivity index (χ0n) is 12.3. The van der Waals surface area contributed by atoms with Gasteiger partial charge in [0, 0.05) is 18.9 Å². The van der Waals surface area contributed by atoms with Crippen LogP contribution < -0.4 is 0 Å². The molecular formula is C16H22N4. The van der Waals surface area contributed by atoms with Gasteiger partial charge in [0.05, 0.1) is 11.4 Å². The Labute approximate surface area is 120 Å². The van der Waals surface area contributed by atoms with Crippen molar-refractivity contribution in [2.24, 2.45) is 13.0 Å². The molecule has 1 saturated heterocycles. The van der Waals surface area contributed by atoms with E-state index in [1.165, 1.54) is 31.6 Å². The molecule has 1 fully saturated rings. The lowest BCUT2D eigenvalue weighted by Gasteiger charge is -2.28. The number of nitrogens with zero attached hydrogens (tertiary/aromatic N) is 4. The van der Waals surface area contributed by atoms with Crippen LogP contribution in [-0.4, -0.2) is 39.8 Å². The summed E-state index contributed by atoms with van der Waals surface area (Å²) in [6.45, 7) is 2.43. The second-order valence-electron chi connectivity index (χ2n) is 5.80. The maximum atomic E-state index is 4.81. The van der Waals surface area contributed by atoms with Gasteiger partial charge in [-0.3, -0.25) is 9.67 Å². The number of aromatic nitrogens is 3. The monoisotopic (exact) mass is 270 g/mol. The van der Waals surface area contributed by atoms with Gasteiger partial charge in [-0.2, -0.15) is 5.10 Å². The van der Waals surface area contributed by atoms with E-state index in [0.29, 0.717) is 0 Å². The molecule has 0 saturated carbocycles. The fourth-order valence-electron chi connectivity index (χ4n) is 2.92. The van der Waals surface area contributed by atoms with Crippen molar-refractivity contribution in [1.82, 2.24) is 19.7 Å². The maximum absolute atomic E-state index is 4.81. The van der Waals surface area contributed by atoms with E-state index in [4.69, 9.17) is 4.98 Å². The first-order valence-corrected chi connectivity index (χ1v) is 7.35. The average molecular weight is 270 g/mol. The fourth-order valence-corrected chi connectivity index (χ4v) is 2.92. The summed E-state index contributed by atoms with van der Waals surface area (Å²) in [7, 11) is 4.16. The zero-order chi connectivity index (χ0) is 13.9. The number of likely N-dealkylation sites (tertiary alicyclic amines) is 1. The molecule has 1 aliphatic heterocycles. The van der Waals surface area contributed by atoms with Crippen LogP contribution in [0.2, 0.25) is 0 Å². The van der Waals surface area contributed by atoms with Crippen molar-refractivity contribution < 1.29 is 0 Å². The van der Waals surface area contributed by atoms with Crippen LogP contribution in [-0.2, 0) is 13.5 Å². The molecule has 20 heavy (non-hydrogen) atoms. The minimum absolute atomic E-state index is 0.778. The molecule has 106 valence electrons. The van der Waals surface area contributed by atoms with Crippen molar-refractivity contribution >= 4 is 0 Å². The highest BCUT2D eigenvalue weighted by Crippen LogP contribution is 2.22. The van der Waals surface area contributed by atoms with Crippen LogP contribution in [0.15, 0.2) is 30.5 Å². The van der Waals surface area contributed by atoms with Crippen molar-refractivity contribution in [3.05, 3.63) is 36.2 Å². The fraction of sp³-hybridized carbons (Fsp3) is 0.500. The number of aryl methyl sites for hydroxylation is 1. The third kappa shape index (κ3) is 2.90. The van der Waals surface area contributed by atoms with Gasteiger partial charge in [-0.15, -0.1) is 0 Å². The quantitative estimate of drug-likeness (QED) is 0.858. The van der Waals surface area contributed by atoms with Gasteiger partial charge in [0.2, 0.25) is 0 Å². The molecule has 0 aliphatic carbocycles. The van der Waals surface area contributed by atoms with E-state index in [0.717, 1.165) is 23.7 Å². The normalized spacial score (nSPS) is 17.5. The third-order valence-electron chi connectivity index (χ3n) is 4.23. The summed E-state index contributed by atoms with van der Waals surface area (Å²) >= 11 is 0. The molecule has 4 nitrogen and oxygen atoms in total. The van der Waals surface area contributed by atoms with Crippen LogP contribution in [0.25, 0.3) is 11.4 Å². The smallest absolute Gasteiger partial charge is 0.0886 e. The summed E-state index contributed by atoms with van der Waals surface area (Å²) in [6.07, 6.45) is 5.49. The van der Waals surface area contributed by atoms with Crippen LogP contribution in [0, 0.1) is 5.92 Å². The van der Waals surface area contributed by atoms with Crippen molar-refractivity contribution in [3.63, 3.8) is 0 Å². The molecule has 1 aliphatic rings. The van der Waals surface area contributed by atoms with Gasteiger partial charge in [-0.1, -0.05) is 6.07 Å². The predicted octanol–water partition coefficient (Wildman–Crippen LogP) is 2.37. The molecule has 0 aromatic carbocycles. The molecule has 0 amide bonds. The number of hydrogen-bond donors (Lipinski definition) is 0. The van der Waals surface area contributed by atoms with Gasteiger partial charge in [-0.25, -0.2) is 0 Å². The Morgan fingerprint density at radius 1 is 1.15 bits per heavy atom. The summed E-state index contributed by atoms with van der Waals surface area (Å²) in [5.41, 5.74) is 3.31. The molecule has 0 bridgehead atoms. The average Bonchev–Trinajstić information content (AvgIpc) is 2.88. The SMILES string of the molecule is CN1CCC(Cc2cccc(-c3ccnn3C)n2)CC1. The van der Waals surface area contributed by atoms with Crippen LogP contribution in [0.5, 0.6) is 0 Å². The van der Waals surface area contributed by atoms with Gasteiger partial charge >= 0.3 is 0 Å². The summed E-state index contributed by atoms with van der Waals surface area (Å²) < 4.78 is 1.88. The molecule has 3 rings (SSSR count). The molecule has 0 radical (unpaired) electrons. The Balaban J connectivity index is 1.73. The van der Waals surface area contributed by atoms with Gasteiger partial charge in [0.1, 0.15) is 0 Å².